The highest BCUT2D eigenvalue weighted by atomic mass is 16.5. The van der Waals surface area contributed by atoms with Gasteiger partial charge in [-0.1, -0.05) is 12.1 Å². The number of nitrogens with zero attached hydrogens (tertiary/aromatic N) is 1. The summed E-state index contributed by atoms with van der Waals surface area (Å²) in [6.07, 6.45) is 0.341. The van der Waals surface area contributed by atoms with Crippen LogP contribution in [0.15, 0.2) is 24.3 Å². The first-order valence-corrected chi connectivity index (χ1v) is 5.97. The third-order valence-corrected chi connectivity index (χ3v) is 2.59. The van der Waals surface area contributed by atoms with Crippen molar-refractivity contribution in [1.29, 1.82) is 0 Å². The quantitative estimate of drug-likeness (QED) is 0.866. The SMILES string of the molecule is COc1cccc(CN(C)C(=O)CC(C)(C)N)c1. The molecule has 0 atom stereocenters. The fraction of sp³-hybridized carbons (Fsp3) is 0.500. The van der Waals surface area contributed by atoms with E-state index >= 15 is 0 Å². The molecule has 0 aliphatic heterocycles. The smallest absolute Gasteiger partial charge is 0.224 e. The Morgan fingerprint density at radius 1 is 1.44 bits per heavy atom. The Morgan fingerprint density at radius 3 is 2.67 bits per heavy atom. The fourth-order valence-corrected chi connectivity index (χ4v) is 1.66. The Kier molecular flexibility index (Phi) is 4.73. The first-order chi connectivity index (χ1) is 8.31. The first kappa shape index (κ1) is 14.5. The summed E-state index contributed by atoms with van der Waals surface area (Å²) in [5.74, 6) is 0.845. The molecule has 0 aliphatic rings. The summed E-state index contributed by atoms with van der Waals surface area (Å²) >= 11 is 0. The number of hydrogen-bond donors (Lipinski definition) is 1. The van der Waals surface area contributed by atoms with Crippen LogP contribution >= 0.6 is 0 Å². The zero-order chi connectivity index (χ0) is 13.8. The van der Waals surface area contributed by atoms with Gasteiger partial charge in [-0.15, -0.1) is 0 Å². The molecular formula is C14H22N2O2. The summed E-state index contributed by atoms with van der Waals surface area (Å²) in [7, 11) is 3.42. The number of rotatable bonds is 5. The molecular weight excluding hydrogens is 228 g/mol. The second-order valence-electron chi connectivity index (χ2n) is 5.27. The molecule has 1 aromatic rings. The molecule has 0 unspecified atom stereocenters. The minimum absolute atomic E-state index is 0.0466. The van der Waals surface area contributed by atoms with Crippen LogP contribution in [0.1, 0.15) is 25.8 Å². The van der Waals surface area contributed by atoms with Crippen LogP contribution in [0.3, 0.4) is 0 Å². The van der Waals surface area contributed by atoms with E-state index in [0.29, 0.717) is 13.0 Å². The third kappa shape index (κ3) is 4.75. The van der Waals surface area contributed by atoms with Crippen LogP contribution in [0.4, 0.5) is 0 Å². The monoisotopic (exact) mass is 250 g/mol. The Morgan fingerprint density at radius 2 is 2.11 bits per heavy atom. The lowest BCUT2D eigenvalue weighted by atomic mass is 10.0. The molecule has 18 heavy (non-hydrogen) atoms. The summed E-state index contributed by atoms with van der Waals surface area (Å²) in [5.41, 5.74) is 6.41. The number of benzene rings is 1. The average molecular weight is 250 g/mol. The lowest BCUT2D eigenvalue weighted by Gasteiger charge is -2.23. The molecule has 0 bridgehead atoms. The minimum Gasteiger partial charge on any atom is -0.497 e. The van der Waals surface area contributed by atoms with E-state index in [1.807, 2.05) is 38.1 Å². The van der Waals surface area contributed by atoms with E-state index < -0.39 is 5.54 Å². The molecule has 0 aliphatic carbocycles. The Hall–Kier alpha value is -1.55. The molecule has 0 spiro atoms. The van der Waals surface area contributed by atoms with Crippen LogP contribution < -0.4 is 10.5 Å². The standard InChI is InChI=1S/C14H22N2O2/c1-14(2,15)9-13(17)16(3)10-11-6-5-7-12(8-11)18-4/h5-8H,9-10,15H2,1-4H3. The highest BCUT2D eigenvalue weighted by Gasteiger charge is 2.19. The highest BCUT2D eigenvalue weighted by molar-refractivity contribution is 5.77. The molecule has 0 aromatic heterocycles. The van der Waals surface area contributed by atoms with Crippen molar-refractivity contribution in [2.24, 2.45) is 5.73 Å². The zero-order valence-electron chi connectivity index (χ0n) is 11.6. The predicted octanol–water partition coefficient (Wildman–Crippen LogP) is 1.78. The van der Waals surface area contributed by atoms with Crippen molar-refractivity contribution in [1.82, 2.24) is 4.90 Å². The molecule has 0 heterocycles. The van der Waals surface area contributed by atoms with E-state index in [1.54, 1.807) is 19.1 Å². The number of methoxy groups -OCH3 is 1. The molecule has 0 fully saturated rings. The summed E-state index contributed by atoms with van der Waals surface area (Å²) in [6.45, 7) is 4.26. The van der Waals surface area contributed by atoms with Crippen LogP contribution in [0, 0.1) is 0 Å². The third-order valence-electron chi connectivity index (χ3n) is 2.59. The Bertz CT molecular complexity index is 411. The molecule has 0 saturated carbocycles. The number of carbonyl (C=O) groups is 1. The van der Waals surface area contributed by atoms with Crippen molar-refractivity contribution < 1.29 is 9.53 Å². The molecule has 2 N–H and O–H groups in total. The zero-order valence-corrected chi connectivity index (χ0v) is 11.6. The van der Waals surface area contributed by atoms with E-state index in [0.717, 1.165) is 11.3 Å². The van der Waals surface area contributed by atoms with Gasteiger partial charge in [-0.25, -0.2) is 0 Å². The van der Waals surface area contributed by atoms with Crippen molar-refractivity contribution in [2.75, 3.05) is 14.2 Å². The van der Waals surface area contributed by atoms with Gasteiger partial charge in [-0.05, 0) is 31.5 Å². The first-order valence-electron chi connectivity index (χ1n) is 5.97. The van der Waals surface area contributed by atoms with Gasteiger partial charge in [0, 0.05) is 25.6 Å². The van der Waals surface area contributed by atoms with Gasteiger partial charge in [0.2, 0.25) is 5.91 Å². The van der Waals surface area contributed by atoms with Crippen LogP contribution in [0.2, 0.25) is 0 Å². The van der Waals surface area contributed by atoms with Crippen molar-refractivity contribution >= 4 is 5.91 Å². The summed E-state index contributed by atoms with van der Waals surface area (Å²) in [6, 6.07) is 7.70. The van der Waals surface area contributed by atoms with Gasteiger partial charge in [0.25, 0.3) is 0 Å². The number of carbonyl (C=O) groups excluding carboxylic acids is 1. The minimum atomic E-state index is -0.472. The van der Waals surface area contributed by atoms with E-state index in [1.165, 1.54) is 0 Å². The van der Waals surface area contributed by atoms with Crippen LogP contribution in [-0.4, -0.2) is 30.5 Å². The molecule has 4 heteroatoms. The van der Waals surface area contributed by atoms with Gasteiger partial charge < -0.3 is 15.4 Å². The second kappa shape index (κ2) is 5.87. The van der Waals surface area contributed by atoms with Crippen molar-refractivity contribution in [3.8, 4) is 5.75 Å². The van der Waals surface area contributed by atoms with E-state index in [9.17, 15) is 4.79 Å². The maximum atomic E-state index is 11.9. The average Bonchev–Trinajstić information content (AvgIpc) is 2.27. The lowest BCUT2D eigenvalue weighted by molar-refractivity contribution is -0.131. The largest absolute Gasteiger partial charge is 0.497 e. The van der Waals surface area contributed by atoms with E-state index in [-0.39, 0.29) is 5.91 Å². The molecule has 100 valence electrons. The number of ether oxygens (including phenoxy) is 1. The molecule has 1 rings (SSSR count). The van der Waals surface area contributed by atoms with Crippen molar-refractivity contribution in [3.05, 3.63) is 29.8 Å². The normalized spacial score (nSPS) is 11.2. The lowest BCUT2D eigenvalue weighted by Crippen LogP contribution is -2.39. The van der Waals surface area contributed by atoms with Gasteiger partial charge in [-0.2, -0.15) is 0 Å². The summed E-state index contributed by atoms with van der Waals surface area (Å²) < 4.78 is 5.15. The van der Waals surface area contributed by atoms with Gasteiger partial charge in [0.1, 0.15) is 5.75 Å². The Balaban J connectivity index is 2.63. The highest BCUT2D eigenvalue weighted by Crippen LogP contribution is 2.15. The fourth-order valence-electron chi connectivity index (χ4n) is 1.66. The van der Waals surface area contributed by atoms with E-state index in [4.69, 9.17) is 10.5 Å². The molecule has 4 nitrogen and oxygen atoms in total. The van der Waals surface area contributed by atoms with Gasteiger partial charge >= 0.3 is 0 Å². The maximum absolute atomic E-state index is 11.9. The Labute approximate surface area is 109 Å². The van der Waals surface area contributed by atoms with Gasteiger partial charge in [-0.3, -0.25) is 4.79 Å². The van der Waals surface area contributed by atoms with Gasteiger partial charge in [0.15, 0.2) is 0 Å². The summed E-state index contributed by atoms with van der Waals surface area (Å²) in [4.78, 5) is 13.6. The van der Waals surface area contributed by atoms with E-state index in [2.05, 4.69) is 0 Å². The maximum Gasteiger partial charge on any atom is 0.224 e. The van der Waals surface area contributed by atoms with Crippen LogP contribution in [-0.2, 0) is 11.3 Å². The molecule has 1 amide bonds. The number of amides is 1. The van der Waals surface area contributed by atoms with Crippen LogP contribution in [0.25, 0.3) is 0 Å². The van der Waals surface area contributed by atoms with Crippen LogP contribution in [0.5, 0.6) is 5.75 Å². The van der Waals surface area contributed by atoms with Crippen molar-refractivity contribution in [2.45, 2.75) is 32.4 Å². The van der Waals surface area contributed by atoms with Gasteiger partial charge in [0.05, 0.1) is 7.11 Å². The predicted molar refractivity (Wildman–Crippen MR) is 72.4 cm³/mol. The number of nitrogens with two attached hydrogens (primary N) is 1. The topological polar surface area (TPSA) is 55.6 Å². The summed E-state index contributed by atoms with van der Waals surface area (Å²) in [5, 5.41) is 0. The second-order valence-corrected chi connectivity index (χ2v) is 5.27. The van der Waals surface area contributed by atoms with Crippen molar-refractivity contribution in [3.63, 3.8) is 0 Å². The molecule has 1 aromatic carbocycles. The number of hydrogen-bond acceptors (Lipinski definition) is 3. The molecule has 0 radical (unpaired) electrons. The molecule has 0 saturated heterocycles.